The van der Waals surface area contributed by atoms with Gasteiger partial charge >= 0.3 is 0 Å². The maximum atomic E-state index is 13.1. The van der Waals surface area contributed by atoms with Crippen LogP contribution < -0.4 is 10.2 Å². The number of hydrogen-bond donors (Lipinski definition) is 1. The van der Waals surface area contributed by atoms with Gasteiger partial charge in [0, 0.05) is 23.8 Å². The second-order valence-electron chi connectivity index (χ2n) is 6.91. The molecule has 1 aliphatic heterocycles. The molecule has 1 amide bonds. The summed E-state index contributed by atoms with van der Waals surface area (Å²) in [6.45, 7) is 3.98. The van der Waals surface area contributed by atoms with Crippen LogP contribution in [0.2, 0.25) is 5.02 Å². The number of nitrogens with zero attached hydrogens (tertiary/aromatic N) is 3. The Morgan fingerprint density at radius 3 is 2.66 bits per heavy atom. The molecule has 0 spiro atoms. The number of nitrogens with one attached hydrogen (secondary N) is 1. The first-order valence-corrected chi connectivity index (χ1v) is 11.5. The second-order valence-corrected chi connectivity index (χ2v) is 9.62. The number of carbonyl (C=O) groups is 1. The Balaban J connectivity index is 1.55. The van der Waals surface area contributed by atoms with Crippen molar-refractivity contribution in [2.24, 2.45) is 0 Å². The Kier molecular flexibility index (Phi) is 6.37. The average molecular weight is 445 g/mol. The van der Waals surface area contributed by atoms with Crippen molar-refractivity contribution in [1.29, 1.82) is 0 Å². The van der Waals surface area contributed by atoms with Gasteiger partial charge in [-0.3, -0.25) is 4.79 Å². The lowest BCUT2D eigenvalue weighted by Gasteiger charge is -2.16. The summed E-state index contributed by atoms with van der Waals surface area (Å²) in [5.74, 6) is -0.112. The molecule has 2 aromatic carbocycles. The molecule has 150 valence electrons. The lowest BCUT2D eigenvalue weighted by atomic mass is 10.1. The third-order valence-corrected chi connectivity index (χ3v) is 7.50. The summed E-state index contributed by atoms with van der Waals surface area (Å²) in [6, 6.07) is 15.3. The quantitative estimate of drug-likeness (QED) is 0.503. The lowest BCUT2D eigenvalue weighted by molar-refractivity contribution is -0.115. The molecule has 4 rings (SSSR count). The smallest absolute Gasteiger partial charge is 0.242 e. The maximum Gasteiger partial charge on any atom is 0.242 e. The van der Waals surface area contributed by atoms with Gasteiger partial charge < -0.3 is 10.2 Å². The van der Waals surface area contributed by atoms with Crippen LogP contribution in [-0.2, 0) is 4.79 Å². The van der Waals surface area contributed by atoms with Crippen molar-refractivity contribution in [2.75, 3.05) is 23.3 Å². The fraction of sp³-hybridized carbons (Fsp3) is 0.286. The minimum absolute atomic E-state index is 0.112. The third-order valence-electron chi connectivity index (χ3n) is 4.77. The third kappa shape index (κ3) is 4.91. The summed E-state index contributed by atoms with van der Waals surface area (Å²) in [5.41, 5.74) is 2.58. The summed E-state index contributed by atoms with van der Waals surface area (Å²) in [6.07, 6.45) is 2.38. The van der Waals surface area contributed by atoms with Gasteiger partial charge in [-0.1, -0.05) is 71.1 Å². The van der Waals surface area contributed by atoms with Gasteiger partial charge in [0.2, 0.25) is 11.0 Å². The van der Waals surface area contributed by atoms with E-state index in [2.05, 4.69) is 20.4 Å². The molecule has 1 saturated heterocycles. The molecule has 0 radical (unpaired) electrons. The number of aromatic nitrogens is 2. The topological polar surface area (TPSA) is 58.1 Å². The molecule has 29 heavy (non-hydrogen) atoms. The van der Waals surface area contributed by atoms with Gasteiger partial charge in [-0.2, -0.15) is 0 Å². The Hall–Kier alpha value is -2.09. The number of benzene rings is 2. The van der Waals surface area contributed by atoms with Crippen LogP contribution in [-0.4, -0.2) is 29.2 Å². The summed E-state index contributed by atoms with van der Waals surface area (Å²) in [7, 11) is 0. The zero-order valence-corrected chi connectivity index (χ0v) is 18.4. The Morgan fingerprint density at radius 2 is 1.93 bits per heavy atom. The number of carbonyl (C=O) groups excluding carboxylic acids is 1. The van der Waals surface area contributed by atoms with Crippen molar-refractivity contribution in [3.8, 4) is 0 Å². The highest BCUT2D eigenvalue weighted by Gasteiger charge is 2.25. The van der Waals surface area contributed by atoms with Gasteiger partial charge in [0.15, 0.2) is 4.34 Å². The van der Waals surface area contributed by atoms with Crippen molar-refractivity contribution in [2.45, 2.75) is 29.4 Å². The zero-order valence-electron chi connectivity index (χ0n) is 16.0. The minimum Gasteiger partial charge on any atom is -0.347 e. The number of thioether (sulfide) groups is 1. The van der Waals surface area contributed by atoms with E-state index in [0.717, 1.165) is 33.7 Å². The van der Waals surface area contributed by atoms with Crippen LogP contribution in [0.4, 0.5) is 10.8 Å². The van der Waals surface area contributed by atoms with E-state index in [1.807, 2.05) is 49.4 Å². The first-order valence-electron chi connectivity index (χ1n) is 9.47. The van der Waals surface area contributed by atoms with Crippen molar-refractivity contribution in [3.63, 3.8) is 0 Å². The van der Waals surface area contributed by atoms with Crippen LogP contribution in [0.25, 0.3) is 0 Å². The summed E-state index contributed by atoms with van der Waals surface area (Å²) in [4.78, 5) is 15.4. The van der Waals surface area contributed by atoms with Crippen molar-refractivity contribution in [1.82, 2.24) is 10.2 Å². The highest BCUT2D eigenvalue weighted by atomic mass is 35.5. The van der Waals surface area contributed by atoms with E-state index in [-0.39, 0.29) is 5.91 Å². The highest BCUT2D eigenvalue weighted by Crippen LogP contribution is 2.39. The number of aryl methyl sites for hydroxylation is 1. The molecular weight excluding hydrogens is 424 g/mol. The van der Waals surface area contributed by atoms with Gasteiger partial charge in [0.1, 0.15) is 5.25 Å². The monoisotopic (exact) mass is 444 g/mol. The predicted octanol–water partition coefficient (Wildman–Crippen LogP) is 5.57. The zero-order chi connectivity index (χ0) is 20.2. The molecule has 0 aliphatic carbocycles. The van der Waals surface area contributed by atoms with Gasteiger partial charge in [0.05, 0.1) is 0 Å². The largest absolute Gasteiger partial charge is 0.347 e. The number of amides is 1. The number of hydrogen-bond acceptors (Lipinski definition) is 6. The standard InChI is InChI=1S/C21H21ClN4OS2/c1-14-9-10-16(13-17(14)22)23-19(27)18(15-7-3-2-4-8-15)28-21-25-24-20(29-21)26-11-5-6-12-26/h2-4,7-10,13,18H,5-6,11-12H2,1H3,(H,23,27). The van der Waals surface area contributed by atoms with Crippen LogP contribution in [0.5, 0.6) is 0 Å². The molecule has 5 nitrogen and oxygen atoms in total. The molecule has 1 unspecified atom stereocenters. The molecule has 3 aromatic rings. The molecule has 0 bridgehead atoms. The van der Waals surface area contributed by atoms with Crippen LogP contribution in [0, 0.1) is 6.92 Å². The van der Waals surface area contributed by atoms with E-state index >= 15 is 0 Å². The minimum atomic E-state index is -0.435. The molecule has 1 N–H and O–H groups in total. The lowest BCUT2D eigenvalue weighted by Crippen LogP contribution is -2.19. The van der Waals surface area contributed by atoms with Crippen molar-refractivity contribution in [3.05, 3.63) is 64.7 Å². The van der Waals surface area contributed by atoms with E-state index in [4.69, 9.17) is 11.6 Å². The summed E-state index contributed by atoms with van der Waals surface area (Å²) < 4.78 is 0.790. The molecule has 0 saturated carbocycles. The Morgan fingerprint density at radius 1 is 1.17 bits per heavy atom. The molecule has 8 heteroatoms. The average Bonchev–Trinajstić information content (AvgIpc) is 3.41. The van der Waals surface area contributed by atoms with E-state index in [1.54, 1.807) is 17.4 Å². The summed E-state index contributed by atoms with van der Waals surface area (Å²) in [5, 5.41) is 12.8. The predicted molar refractivity (Wildman–Crippen MR) is 121 cm³/mol. The van der Waals surface area contributed by atoms with Crippen LogP contribution in [0.15, 0.2) is 52.9 Å². The van der Waals surface area contributed by atoms with Crippen LogP contribution in [0.3, 0.4) is 0 Å². The molecule has 1 fully saturated rings. The first-order chi connectivity index (χ1) is 14.1. The molecule has 1 aromatic heterocycles. The fourth-order valence-corrected chi connectivity index (χ4v) is 5.43. The second kappa shape index (κ2) is 9.15. The normalized spacial score (nSPS) is 14.8. The number of halogens is 1. The van der Waals surface area contributed by atoms with Crippen molar-refractivity contribution >= 4 is 51.4 Å². The van der Waals surface area contributed by atoms with E-state index in [0.29, 0.717) is 10.7 Å². The molecule has 2 heterocycles. The SMILES string of the molecule is Cc1ccc(NC(=O)C(Sc2nnc(N3CCCC3)s2)c2ccccc2)cc1Cl. The van der Waals surface area contributed by atoms with E-state index in [1.165, 1.54) is 24.6 Å². The molecule has 1 atom stereocenters. The Bertz CT molecular complexity index is 989. The van der Waals surface area contributed by atoms with Gasteiger partial charge in [-0.15, -0.1) is 10.2 Å². The Labute approximate surface area is 183 Å². The van der Waals surface area contributed by atoms with Gasteiger partial charge in [0.25, 0.3) is 0 Å². The van der Waals surface area contributed by atoms with Crippen LogP contribution in [0.1, 0.15) is 29.2 Å². The number of rotatable bonds is 6. The fourth-order valence-electron chi connectivity index (χ4n) is 3.17. The summed E-state index contributed by atoms with van der Waals surface area (Å²) >= 11 is 9.19. The van der Waals surface area contributed by atoms with Crippen molar-refractivity contribution < 1.29 is 4.79 Å². The molecular formula is C21H21ClN4OS2. The van der Waals surface area contributed by atoms with E-state index in [9.17, 15) is 4.79 Å². The first kappa shape index (κ1) is 20.2. The van der Waals surface area contributed by atoms with Crippen LogP contribution >= 0.6 is 34.7 Å². The molecule has 1 aliphatic rings. The highest BCUT2D eigenvalue weighted by molar-refractivity contribution is 8.02. The number of anilines is 2. The van der Waals surface area contributed by atoms with E-state index < -0.39 is 5.25 Å². The van der Waals surface area contributed by atoms with Gasteiger partial charge in [-0.25, -0.2) is 0 Å². The van der Waals surface area contributed by atoms with Gasteiger partial charge in [-0.05, 0) is 43.0 Å². The maximum absolute atomic E-state index is 13.1.